The highest BCUT2D eigenvalue weighted by atomic mass is 19.1. The van der Waals surface area contributed by atoms with Gasteiger partial charge in [0.25, 0.3) is 0 Å². The zero-order chi connectivity index (χ0) is 31.1. The van der Waals surface area contributed by atoms with Crippen LogP contribution in [0.25, 0.3) is 60.6 Å². The minimum atomic E-state index is -0.249. The lowest BCUT2D eigenvalue weighted by Gasteiger charge is -2.26. The Balaban J connectivity index is 1.21. The summed E-state index contributed by atoms with van der Waals surface area (Å²) in [5.41, 5.74) is 13.2. The van der Waals surface area contributed by atoms with E-state index in [-0.39, 0.29) is 5.82 Å². The van der Waals surface area contributed by atoms with Gasteiger partial charge in [0, 0.05) is 50.4 Å². The molecule has 0 radical (unpaired) electrons. The molecule has 2 aromatic heterocycles. The van der Waals surface area contributed by atoms with Crippen molar-refractivity contribution in [2.45, 2.75) is 6.42 Å². The van der Waals surface area contributed by atoms with E-state index < -0.39 is 0 Å². The number of halogens is 1. The molecule has 0 fully saturated rings. The van der Waals surface area contributed by atoms with Crippen LogP contribution in [0.3, 0.4) is 0 Å². The average molecular weight is 607 g/mol. The third kappa shape index (κ3) is 3.98. The molecule has 4 heteroatoms. The Kier molecular flexibility index (Phi) is 5.52. The first-order valence-corrected chi connectivity index (χ1v) is 15.9. The molecule has 10 rings (SSSR count). The van der Waals surface area contributed by atoms with Gasteiger partial charge in [0.2, 0.25) is 0 Å². The predicted molar refractivity (Wildman–Crippen MR) is 191 cm³/mol. The fourth-order valence-electron chi connectivity index (χ4n) is 7.54. The lowest BCUT2D eigenvalue weighted by molar-refractivity contribution is 0.627. The molecule has 2 heterocycles. The second-order valence-electron chi connectivity index (χ2n) is 12.3. The third-order valence-electron chi connectivity index (χ3n) is 9.66. The van der Waals surface area contributed by atoms with Gasteiger partial charge in [0.1, 0.15) is 17.0 Å². The maximum absolute atomic E-state index is 14.0. The van der Waals surface area contributed by atoms with Crippen molar-refractivity contribution in [1.82, 2.24) is 4.57 Å². The number of para-hydroxylation sites is 2. The Morgan fingerprint density at radius 1 is 0.489 bits per heavy atom. The SMILES string of the molecule is Fc1ccc(-n2c3ccccc3c3ccc(N(c4ccc5c(c4)Cc4ccccc4-5)c4ccc5c(c4)oc4ccccc45)cc32)cc1. The number of furan rings is 1. The molecule has 0 saturated carbocycles. The molecule has 0 atom stereocenters. The van der Waals surface area contributed by atoms with Gasteiger partial charge in [-0.15, -0.1) is 0 Å². The van der Waals surface area contributed by atoms with Gasteiger partial charge in [-0.1, -0.05) is 72.8 Å². The van der Waals surface area contributed by atoms with Crippen LogP contribution in [-0.4, -0.2) is 4.57 Å². The molecule has 1 aliphatic rings. The van der Waals surface area contributed by atoms with Crippen LogP contribution < -0.4 is 4.90 Å². The number of hydrogen-bond donors (Lipinski definition) is 0. The van der Waals surface area contributed by atoms with E-state index in [9.17, 15) is 4.39 Å². The smallest absolute Gasteiger partial charge is 0.137 e. The van der Waals surface area contributed by atoms with Gasteiger partial charge in [-0.2, -0.15) is 0 Å². The molecule has 47 heavy (non-hydrogen) atoms. The molecule has 0 spiro atoms. The standard InChI is InChI=1S/C43H27FN2O/c44-29-13-15-30(16-14-29)46-40-11-5-3-9-36(40)37-21-18-32(25-41(37)46)45(31-17-20-35-28(24-31)23-27-7-1-2-8-34(27)35)33-19-22-39-38-10-4-6-12-42(38)47-43(39)26-33/h1-22,24-26H,23H2. The van der Waals surface area contributed by atoms with Gasteiger partial charge >= 0.3 is 0 Å². The Morgan fingerprint density at radius 3 is 2.02 bits per heavy atom. The Labute approximate surface area is 270 Å². The van der Waals surface area contributed by atoms with Crippen LogP contribution in [0.5, 0.6) is 0 Å². The van der Waals surface area contributed by atoms with Crippen LogP contribution in [0.1, 0.15) is 11.1 Å². The minimum Gasteiger partial charge on any atom is -0.456 e. The van der Waals surface area contributed by atoms with E-state index in [0.29, 0.717) is 0 Å². The molecular formula is C43H27FN2O. The minimum absolute atomic E-state index is 0.249. The fourth-order valence-corrected chi connectivity index (χ4v) is 7.54. The lowest BCUT2D eigenvalue weighted by Crippen LogP contribution is -2.10. The van der Waals surface area contributed by atoms with Crippen LogP contribution in [0.2, 0.25) is 0 Å². The Morgan fingerprint density at radius 2 is 1.13 bits per heavy atom. The van der Waals surface area contributed by atoms with Crippen LogP contribution in [-0.2, 0) is 6.42 Å². The van der Waals surface area contributed by atoms with Gasteiger partial charge in [-0.3, -0.25) is 0 Å². The fraction of sp³-hybridized carbons (Fsp3) is 0.0233. The van der Waals surface area contributed by atoms with Crippen molar-refractivity contribution in [1.29, 1.82) is 0 Å². The molecule has 0 N–H and O–H groups in total. The molecule has 0 saturated heterocycles. The van der Waals surface area contributed by atoms with Crippen LogP contribution in [0, 0.1) is 5.82 Å². The van der Waals surface area contributed by atoms with E-state index in [2.05, 4.69) is 125 Å². The van der Waals surface area contributed by atoms with Crippen molar-refractivity contribution in [2.24, 2.45) is 0 Å². The quantitative estimate of drug-likeness (QED) is 0.199. The van der Waals surface area contributed by atoms with Gasteiger partial charge in [0.05, 0.1) is 11.0 Å². The summed E-state index contributed by atoms with van der Waals surface area (Å²) in [5, 5.41) is 4.51. The number of fused-ring (bicyclic) bond motifs is 9. The van der Waals surface area contributed by atoms with Gasteiger partial charge in [-0.25, -0.2) is 4.39 Å². The highest BCUT2D eigenvalue weighted by Crippen LogP contribution is 2.44. The number of benzene rings is 7. The maximum Gasteiger partial charge on any atom is 0.137 e. The van der Waals surface area contributed by atoms with Crippen molar-refractivity contribution in [2.75, 3.05) is 4.90 Å². The summed E-state index contributed by atoms with van der Waals surface area (Å²) in [6.07, 6.45) is 0.910. The van der Waals surface area contributed by atoms with Crippen LogP contribution in [0.15, 0.2) is 156 Å². The zero-order valence-electron chi connectivity index (χ0n) is 25.3. The van der Waals surface area contributed by atoms with Crippen LogP contribution in [0.4, 0.5) is 21.5 Å². The van der Waals surface area contributed by atoms with Crippen molar-refractivity contribution in [3.8, 4) is 16.8 Å². The molecule has 0 amide bonds. The molecule has 9 aromatic rings. The largest absolute Gasteiger partial charge is 0.456 e. The first kappa shape index (κ1) is 26.1. The van der Waals surface area contributed by atoms with E-state index in [4.69, 9.17) is 4.42 Å². The van der Waals surface area contributed by atoms with E-state index >= 15 is 0 Å². The normalized spacial score (nSPS) is 12.3. The Bertz CT molecular complexity index is 2680. The number of rotatable bonds is 4. The number of nitrogens with zero attached hydrogens (tertiary/aromatic N) is 2. The molecule has 3 nitrogen and oxygen atoms in total. The van der Waals surface area contributed by atoms with Crippen molar-refractivity contribution < 1.29 is 8.81 Å². The van der Waals surface area contributed by atoms with E-state index in [1.54, 1.807) is 0 Å². The second kappa shape index (κ2) is 9.93. The second-order valence-corrected chi connectivity index (χ2v) is 12.3. The summed E-state index contributed by atoms with van der Waals surface area (Å²) in [7, 11) is 0. The van der Waals surface area contributed by atoms with E-state index in [1.807, 2.05) is 24.3 Å². The van der Waals surface area contributed by atoms with E-state index in [0.717, 1.165) is 72.9 Å². The molecule has 0 unspecified atom stereocenters. The molecule has 7 aromatic carbocycles. The summed E-state index contributed by atoms with van der Waals surface area (Å²) in [6.45, 7) is 0. The highest BCUT2D eigenvalue weighted by molar-refractivity contribution is 6.11. The topological polar surface area (TPSA) is 21.3 Å². The number of hydrogen-bond acceptors (Lipinski definition) is 2. The third-order valence-corrected chi connectivity index (χ3v) is 9.66. The average Bonchev–Trinajstić information content (AvgIpc) is 3.77. The molecule has 0 aliphatic heterocycles. The van der Waals surface area contributed by atoms with Gasteiger partial charge in [-0.05, 0) is 101 Å². The summed E-state index contributed by atoms with van der Waals surface area (Å²) >= 11 is 0. The Hall–Kier alpha value is -6.13. The summed E-state index contributed by atoms with van der Waals surface area (Å²) in [4.78, 5) is 2.32. The summed E-state index contributed by atoms with van der Waals surface area (Å²) < 4.78 is 22.6. The van der Waals surface area contributed by atoms with Crippen molar-refractivity contribution >= 4 is 60.8 Å². The first-order valence-electron chi connectivity index (χ1n) is 15.9. The lowest BCUT2D eigenvalue weighted by atomic mass is 10.0. The maximum atomic E-state index is 14.0. The summed E-state index contributed by atoms with van der Waals surface area (Å²) in [5.74, 6) is -0.249. The zero-order valence-corrected chi connectivity index (χ0v) is 25.3. The predicted octanol–water partition coefficient (Wildman–Crippen LogP) is 11.9. The monoisotopic (exact) mass is 606 g/mol. The highest BCUT2D eigenvalue weighted by Gasteiger charge is 2.23. The first-order chi connectivity index (χ1) is 23.2. The van der Waals surface area contributed by atoms with Crippen molar-refractivity contribution in [3.63, 3.8) is 0 Å². The number of anilines is 3. The van der Waals surface area contributed by atoms with Gasteiger partial charge in [0.15, 0.2) is 0 Å². The van der Waals surface area contributed by atoms with Crippen LogP contribution >= 0.6 is 0 Å². The van der Waals surface area contributed by atoms with Crippen molar-refractivity contribution in [3.05, 3.63) is 169 Å². The molecule has 222 valence electrons. The molecule has 1 aliphatic carbocycles. The number of aromatic nitrogens is 1. The molecular weight excluding hydrogens is 579 g/mol. The van der Waals surface area contributed by atoms with Gasteiger partial charge < -0.3 is 13.9 Å². The summed E-state index contributed by atoms with van der Waals surface area (Å²) in [6, 6.07) is 52.0. The molecule has 0 bridgehead atoms. The van der Waals surface area contributed by atoms with E-state index in [1.165, 1.54) is 34.4 Å².